The van der Waals surface area contributed by atoms with Crippen molar-refractivity contribution >= 4 is 15.9 Å². The average molecular weight is 325 g/mol. The van der Waals surface area contributed by atoms with Gasteiger partial charge in [0.25, 0.3) is 0 Å². The summed E-state index contributed by atoms with van der Waals surface area (Å²) < 4.78 is 1.21. The number of likely N-dealkylation sites (tertiary alicyclic amines) is 1. The lowest BCUT2D eigenvalue weighted by Crippen LogP contribution is -2.42. The Morgan fingerprint density at radius 3 is 2.68 bits per heavy atom. The molecule has 106 valence electrons. The Morgan fingerprint density at radius 2 is 2.05 bits per heavy atom. The van der Waals surface area contributed by atoms with Gasteiger partial charge in [0.1, 0.15) is 0 Å². The molecule has 1 aliphatic rings. The van der Waals surface area contributed by atoms with Crippen molar-refractivity contribution in [3.8, 4) is 0 Å². The first-order valence-corrected chi connectivity index (χ1v) is 8.19. The van der Waals surface area contributed by atoms with Crippen molar-refractivity contribution in [3.05, 3.63) is 33.8 Å². The number of hydrogen-bond acceptors (Lipinski definition) is 2. The molecule has 1 saturated heterocycles. The Balaban J connectivity index is 1.75. The Hall–Kier alpha value is -0.380. The number of rotatable bonds is 5. The van der Waals surface area contributed by atoms with Crippen LogP contribution in [0.4, 0.5) is 0 Å². The number of hydrogen-bond donors (Lipinski definition) is 1. The summed E-state index contributed by atoms with van der Waals surface area (Å²) in [7, 11) is 0. The van der Waals surface area contributed by atoms with Crippen molar-refractivity contribution < 1.29 is 0 Å². The smallest absolute Gasteiger partial charge is 0.0208 e. The first-order chi connectivity index (χ1) is 9.19. The molecule has 2 nitrogen and oxygen atoms in total. The van der Waals surface area contributed by atoms with Crippen molar-refractivity contribution in [1.82, 2.24) is 10.2 Å². The van der Waals surface area contributed by atoms with Gasteiger partial charge in [-0.15, -0.1) is 0 Å². The van der Waals surface area contributed by atoms with Crippen LogP contribution in [-0.2, 0) is 6.54 Å². The van der Waals surface area contributed by atoms with E-state index in [4.69, 9.17) is 0 Å². The summed E-state index contributed by atoms with van der Waals surface area (Å²) in [5, 5.41) is 3.70. The van der Waals surface area contributed by atoms with Gasteiger partial charge in [0.05, 0.1) is 0 Å². The van der Waals surface area contributed by atoms with Gasteiger partial charge in [-0.25, -0.2) is 0 Å². The molecule has 0 aromatic heterocycles. The summed E-state index contributed by atoms with van der Waals surface area (Å²) in [6.07, 6.45) is 3.84. The first-order valence-electron chi connectivity index (χ1n) is 7.40. The molecule has 0 bridgehead atoms. The molecule has 0 saturated carbocycles. The number of nitrogens with zero attached hydrogens (tertiary/aromatic N) is 1. The highest BCUT2D eigenvalue weighted by Crippen LogP contribution is 2.18. The average Bonchev–Trinajstić information content (AvgIpc) is 2.42. The second kappa shape index (κ2) is 7.41. The molecular weight excluding hydrogens is 300 g/mol. The van der Waals surface area contributed by atoms with Gasteiger partial charge in [0.2, 0.25) is 0 Å². The molecule has 0 spiro atoms. The maximum atomic E-state index is 3.70. The van der Waals surface area contributed by atoms with Crippen LogP contribution in [0.3, 0.4) is 0 Å². The SMILES string of the molecule is CCCN1CCC(NCc2ccc(C)c(Br)c2)CC1. The Kier molecular flexibility index (Phi) is 5.86. The highest BCUT2D eigenvalue weighted by Gasteiger charge is 2.17. The quantitative estimate of drug-likeness (QED) is 0.888. The summed E-state index contributed by atoms with van der Waals surface area (Å²) in [5.41, 5.74) is 2.67. The molecule has 1 heterocycles. The number of piperidine rings is 1. The number of benzene rings is 1. The fourth-order valence-corrected chi connectivity index (χ4v) is 3.11. The van der Waals surface area contributed by atoms with Crippen molar-refractivity contribution in [2.45, 2.75) is 45.7 Å². The van der Waals surface area contributed by atoms with Crippen molar-refractivity contribution in [1.29, 1.82) is 0 Å². The fourth-order valence-electron chi connectivity index (χ4n) is 2.69. The van der Waals surface area contributed by atoms with Gasteiger partial charge in [-0.3, -0.25) is 0 Å². The summed E-state index contributed by atoms with van der Waals surface area (Å²) in [5.74, 6) is 0. The van der Waals surface area contributed by atoms with Crippen LogP contribution in [0, 0.1) is 6.92 Å². The molecule has 1 fully saturated rings. The van der Waals surface area contributed by atoms with Crippen LogP contribution in [0.15, 0.2) is 22.7 Å². The third-order valence-corrected chi connectivity index (χ3v) is 4.81. The van der Waals surface area contributed by atoms with E-state index in [0.717, 1.165) is 6.54 Å². The zero-order valence-corrected chi connectivity index (χ0v) is 13.7. The summed E-state index contributed by atoms with van der Waals surface area (Å²) in [6.45, 7) is 9.14. The van der Waals surface area contributed by atoms with Crippen molar-refractivity contribution in [2.24, 2.45) is 0 Å². The lowest BCUT2D eigenvalue weighted by molar-refractivity contribution is 0.197. The molecule has 19 heavy (non-hydrogen) atoms. The molecule has 0 atom stereocenters. The van der Waals surface area contributed by atoms with E-state index in [1.165, 1.54) is 54.5 Å². The van der Waals surface area contributed by atoms with E-state index >= 15 is 0 Å². The highest BCUT2D eigenvalue weighted by molar-refractivity contribution is 9.10. The summed E-state index contributed by atoms with van der Waals surface area (Å²) in [4.78, 5) is 2.58. The van der Waals surface area contributed by atoms with Gasteiger partial charge in [-0.2, -0.15) is 0 Å². The standard InChI is InChI=1S/C16H25BrN2/c1-3-8-19-9-6-15(7-10-19)18-12-14-5-4-13(2)16(17)11-14/h4-5,11,15,18H,3,6-10,12H2,1-2H3. The Bertz CT molecular complexity index is 398. The minimum absolute atomic E-state index is 0.688. The van der Waals surface area contributed by atoms with Crippen LogP contribution in [-0.4, -0.2) is 30.6 Å². The van der Waals surface area contributed by atoms with Gasteiger partial charge >= 0.3 is 0 Å². The van der Waals surface area contributed by atoms with Crippen LogP contribution in [0.1, 0.15) is 37.3 Å². The van der Waals surface area contributed by atoms with E-state index in [-0.39, 0.29) is 0 Å². The number of nitrogens with one attached hydrogen (secondary N) is 1. The molecular formula is C16H25BrN2. The molecule has 1 aromatic carbocycles. The van der Waals surface area contributed by atoms with Gasteiger partial charge in [0.15, 0.2) is 0 Å². The minimum atomic E-state index is 0.688. The highest BCUT2D eigenvalue weighted by atomic mass is 79.9. The second-order valence-electron chi connectivity index (χ2n) is 5.58. The van der Waals surface area contributed by atoms with Crippen LogP contribution >= 0.6 is 15.9 Å². The van der Waals surface area contributed by atoms with E-state index in [0.29, 0.717) is 6.04 Å². The van der Waals surface area contributed by atoms with Gasteiger partial charge in [-0.05, 0) is 63.0 Å². The third kappa shape index (κ3) is 4.59. The van der Waals surface area contributed by atoms with Crippen LogP contribution in [0.2, 0.25) is 0 Å². The first kappa shape index (κ1) is 15.0. The lowest BCUT2D eigenvalue weighted by Gasteiger charge is -2.32. The monoisotopic (exact) mass is 324 g/mol. The van der Waals surface area contributed by atoms with Gasteiger partial charge in [0, 0.05) is 17.1 Å². The summed E-state index contributed by atoms with van der Waals surface area (Å²) >= 11 is 3.60. The van der Waals surface area contributed by atoms with Crippen LogP contribution in [0.5, 0.6) is 0 Å². The van der Waals surface area contributed by atoms with Crippen LogP contribution in [0.25, 0.3) is 0 Å². The van der Waals surface area contributed by atoms with Gasteiger partial charge in [-0.1, -0.05) is 35.0 Å². The molecule has 1 aromatic rings. The third-order valence-electron chi connectivity index (χ3n) is 3.96. The maximum Gasteiger partial charge on any atom is 0.0208 e. The maximum absolute atomic E-state index is 3.70. The molecule has 1 N–H and O–H groups in total. The molecule has 1 aliphatic heterocycles. The molecule has 0 amide bonds. The summed E-state index contributed by atoms with van der Waals surface area (Å²) in [6, 6.07) is 7.33. The van der Waals surface area contributed by atoms with E-state index in [9.17, 15) is 0 Å². The number of aryl methyl sites for hydroxylation is 1. The largest absolute Gasteiger partial charge is 0.310 e. The molecule has 0 aliphatic carbocycles. The van der Waals surface area contributed by atoms with E-state index in [2.05, 4.69) is 58.2 Å². The van der Waals surface area contributed by atoms with Crippen molar-refractivity contribution in [3.63, 3.8) is 0 Å². The van der Waals surface area contributed by atoms with Crippen molar-refractivity contribution in [2.75, 3.05) is 19.6 Å². The predicted octanol–water partition coefficient (Wildman–Crippen LogP) is 3.72. The fraction of sp³-hybridized carbons (Fsp3) is 0.625. The zero-order chi connectivity index (χ0) is 13.7. The van der Waals surface area contributed by atoms with Crippen LogP contribution < -0.4 is 5.32 Å². The Morgan fingerprint density at radius 1 is 1.32 bits per heavy atom. The van der Waals surface area contributed by atoms with E-state index < -0.39 is 0 Å². The molecule has 0 radical (unpaired) electrons. The normalized spacial score (nSPS) is 17.8. The van der Waals surface area contributed by atoms with E-state index in [1.54, 1.807) is 0 Å². The molecule has 0 unspecified atom stereocenters. The Labute approximate surface area is 125 Å². The molecule has 2 rings (SSSR count). The van der Waals surface area contributed by atoms with E-state index in [1.807, 2.05) is 0 Å². The topological polar surface area (TPSA) is 15.3 Å². The molecule has 3 heteroatoms. The second-order valence-corrected chi connectivity index (χ2v) is 6.43. The predicted molar refractivity (Wildman–Crippen MR) is 85.5 cm³/mol. The van der Waals surface area contributed by atoms with Gasteiger partial charge < -0.3 is 10.2 Å². The zero-order valence-electron chi connectivity index (χ0n) is 12.1. The number of halogens is 1. The lowest BCUT2D eigenvalue weighted by atomic mass is 10.0. The minimum Gasteiger partial charge on any atom is -0.310 e.